The molecule has 1 aromatic carbocycles. The highest BCUT2D eigenvalue weighted by atomic mass is 32.2. The standard InChI is InChI=1S/C12H15F4NO2S/c1-3-20(18,19)7-8(2)17-9-4-5-11(13)10(6-9)12(14,15)16/h4-6,8,17H,3,7H2,1-2H3. The Labute approximate surface area is 114 Å². The van der Waals surface area contributed by atoms with E-state index < -0.39 is 33.4 Å². The molecule has 1 N–H and O–H groups in total. The average Bonchev–Trinajstić information content (AvgIpc) is 2.29. The maximum Gasteiger partial charge on any atom is 0.419 e. The lowest BCUT2D eigenvalue weighted by molar-refractivity contribution is -0.139. The molecule has 1 atom stereocenters. The van der Waals surface area contributed by atoms with Crippen molar-refractivity contribution in [2.24, 2.45) is 0 Å². The highest BCUT2D eigenvalue weighted by molar-refractivity contribution is 7.91. The van der Waals surface area contributed by atoms with Crippen LogP contribution < -0.4 is 5.32 Å². The molecule has 0 amide bonds. The van der Waals surface area contributed by atoms with E-state index in [1.165, 1.54) is 13.8 Å². The minimum Gasteiger partial charge on any atom is -0.382 e. The lowest BCUT2D eigenvalue weighted by Gasteiger charge is -2.16. The molecular weight excluding hydrogens is 298 g/mol. The SMILES string of the molecule is CCS(=O)(=O)CC(C)Nc1ccc(F)c(C(F)(F)F)c1. The molecule has 20 heavy (non-hydrogen) atoms. The number of benzene rings is 1. The normalized spacial score (nSPS) is 14.1. The van der Waals surface area contributed by atoms with Gasteiger partial charge in [0.1, 0.15) is 5.82 Å². The van der Waals surface area contributed by atoms with Gasteiger partial charge in [-0.25, -0.2) is 12.8 Å². The van der Waals surface area contributed by atoms with E-state index in [0.717, 1.165) is 6.07 Å². The van der Waals surface area contributed by atoms with Crippen LogP contribution >= 0.6 is 0 Å². The van der Waals surface area contributed by atoms with Crippen molar-refractivity contribution in [1.82, 2.24) is 0 Å². The van der Waals surface area contributed by atoms with Crippen LogP contribution in [0.2, 0.25) is 0 Å². The monoisotopic (exact) mass is 313 g/mol. The van der Waals surface area contributed by atoms with Gasteiger partial charge in [-0.2, -0.15) is 13.2 Å². The molecule has 0 aliphatic carbocycles. The highest BCUT2D eigenvalue weighted by Gasteiger charge is 2.34. The third kappa shape index (κ3) is 4.66. The number of rotatable bonds is 5. The predicted molar refractivity (Wildman–Crippen MR) is 68.8 cm³/mol. The maximum atomic E-state index is 13.1. The van der Waals surface area contributed by atoms with Crippen LogP contribution in [0, 0.1) is 5.82 Å². The third-order valence-electron chi connectivity index (χ3n) is 2.63. The number of nitrogens with one attached hydrogen (secondary N) is 1. The van der Waals surface area contributed by atoms with Gasteiger partial charge in [0.2, 0.25) is 0 Å². The van der Waals surface area contributed by atoms with Crippen LogP contribution in [0.25, 0.3) is 0 Å². The number of alkyl halides is 3. The first-order chi connectivity index (χ1) is 9.05. The van der Waals surface area contributed by atoms with Gasteiger partial charge in [0.15, 0.2) is 9.84 Å². The van der Waals surface area contributed by atoms with Crippen molar-refractivity contribution in [2.45, 2.75) is 26.1 Å². The molecule has 3 nitrogen and oxygen atoms in total. The molecule has 1 unspecified atom stereocenters. The molecule has 0 spiro atoms. The van der Waals surface area contributed by atoms with Crippen LogP contribution in [0.5, 0.6) is 0 Å². The molecule has 0 bridgehead atoms. The van der Waals surface area contributed by atoms with Crippen LogP contribution in [0.4, 0.5) is 23.2 Å². The number of hydrogen-bond acceptors (Lipinski definition) is 3. The quantitative estimate of drug-likeness (QED) is 0.850. The van der Waals surface area contributed by atoms with E-state index in [1.807, 2.05) is 0 Å². The average molecular weight is 313 g/mol. The summed E-state index contributed by atoms with van der Waals surface area (Å²) in [6.07, 6.45) is -4.79. The van der Waals surface area contributed by atoms with Crippen molar-refractivity contribution in [3.05, 3.63) is 29.6 Å². The van der Waals surface area contributed by atoms with Gasteiger partial charge in [-0.15, -0.1) is 0 Å². The van der Waals surface area contributed by atoms with Gasteiger partial charge in [0.05, 0.1) is 11.3 Å². The lowest BCUT2D eigenvalue weighted by Crippen LogP contribution is -2.26. The third-order valence-corrected chi connectivity index (χ3v) is 4.52. The molecule has 0 aliphatic rings. The number of hydrogen-bond donors (Lipinski definition) is 1. The van der Waals surface area contributed by atoms with E-state index in [2.05, 4.69) is 5.32 Å². The zero-order valence-corrected chi connectivity index (χ0v) is 11.8. The Morgan fingerprint density at radius 2 is 1.90 bits per heavy atom. The zero-order chi connectivity index (χ0) is 15.6. The summed E-state index contributed by atoms with van der Waals surface area (Å²) in [4.78, 5) is 0. The van der Waals surface area contributed by atoms with Crippen molar-refractivity contribution < 1.29 is 26.0 Å². The second kappa shape index (κ2) is 5.99. The van der Waals surface area contributed by atoms with Crippen LogP contribution in [0.3, 0.4) is 0 Å². The fourth-order valence-corrected chi connectivity index (χ4v) is 2.74. The molecule has 1 rings (SSSR count). The Morgan fingerprint density at radius 3 is 2.40 bits per heavy atom. The molecule has 0 fully saturated rings. The van der Waals surface area contributed by atoms with E-state index in [0.29, 0.717) is 12.1 Å². The number of anilines is 1. The van der Waals surface area contributed by atoms with Gasteiger partial charge in [-0.3, -0.25) is 0 Å². The van der Waals surface area contributed by atoms with Crippen LogP contribution in [-0.4, -0.2) is 26.0 Å². The van der Waals surface area contributed by atoms with Crippen molar-refractivity contribution in [3.8, 4) is 0 Å². The Morgan fingerprint density at radius 1 is 1.30 bits per heavy atom. The summed E-state index contributed by atoms with van der Waals surface area (Å²) >= 11 is 0. The Balaban J connectivity index is 2.89. The molecule has 0 heterocycles. The largest absolute Gasteiger partial charge is 0.419 e. The van der Waals surface area contributed by atoms with E-state index in [1.54, 1.807) is 0 Å². The van der Waals surface area contributed by atoms with E-state index in [4.69, 9.17) is 0 Å². The summed E-state index contributed by atoms with van der Waals surface area (Å²) in [5.41, 5.74) is -1.36. The number of halogens is 4. The second-order valence-corrected chi connectivity index (χ2v) is 6.83. The molecular formula is C12H15F4NO2S. The summed E-state index contributed by atoms with van der Waals surface area (Å²) in [5, 5.41) is 2.63. The topological polar surface area (TPSA) is 46.2 Å². The summed E-state index contributed by atoms with van der Waals surface area (Å²) < 4.78 is 73.5. The predicted octanol–water partition coefficient (Wildman–Crippen LogP) is 3.08. The molecule has 0 aromatic heterocycles. The first-order valence-corrected chi connectivity index (χ1v) is 7.71. The van der Waals surface area contributed by atoms with Crippen molar-refractivity contribution in [3.63, 3.8) is 0 Å². The van der Waals surface area contributed by atoms with Crippen LogP contribution in [0.1, 0.15) is 19.4 Å². The lowest BCUT2D eigenvalue weighted by atomic mass is 10.1. The maximum absolute atomic E-state index is 13.1. The van der Waals surface area contributed by atoms with Crippen LogP contribution in [0.15, 0.2) is 18.2 Å². The van der Waals surface area contributed by atoms with Gasteiger partial charge in [0, 0.05) is 17.5 Å². The minimum atomic E-state index is -4.79. The summed E-state index contributed by atoms with van der Waals surface area (Å²) in [6, 6.07) is 1.89. The number of sulfone groups is 1. The summed E-state index contributed by atoms with van der Waals surface area (Å²) in [5.74, 6) is -1.62. The van der Waals surface area contributed by atoms with Crippen molar-refractivity contribution in [1.29, 1.82) is 0 Å². The van der Waals surface area contributed by atoms with E-state index in [-0.39, 0.29) is 17.2 Å². The first-order valence-electron chi connectivity index (χ1n) is 5.89. The van der Waals surface area contributed by atoms with E-state index >= 15 is 0 Å². The van der Waals surface area contributed by atoms with Crippen LogP contribution in [-0.2, 0) is 16.0 Å². The minimum absolute atomic E-state index is 0.0255. The molecule has 0 aliphatic heterocycles. The Kier molecular flexibility index (Phi) is 5.01. The molecule has 0 radical (unpaired) electrons. The fraction of sp³-hybridized carbons (Fsp3) is 0.500. The second-order valence-electron chi connectivity index (χ2n) is 4.44. The first kappa shape index (κ1) is 16.7. The molecule has 0 saturated heterocycles. The summed E-state index contributed by atoms with van der Waals surface area (Å²) in [7, 11) is -3.24. The summed E-state index contributed by atoms with van der Waals surface area (Å²) in [6.45, 7) is 3.02. The molecule has 8 heteroatoms. The fourth-order valence-electron chi connectivity index (χ4n) is 1.66. The smallest absolute Gasteiger partial charge is 0.382 e. The van der Waals surface area contributed by atoms with Gasteiger partial charge in [-0.1, -0.05) is 6.92 Å². The van der Waals surface area contributed by atoms with Gasteiger partial charge in [-0.05, 0) is 25.1 Å². The Hall–Kier alpha value is -1.31. The Bertz CT molecular complexity index is 569. The molecule has 1 aromatic rings. The van der Waals surface area contributed by atoms with Gasteiger partial charge >= 0.3 is 6.18 Å². The van der Waals surface area contributed by atoms with E-state index in [9.17, 15) is 26.0 Å². The molecule has 114 valence electrons. The van der Waals surface area contributed by atoms with Crippen molar-refractivity contribution >= 4 is 15.5 Å². The van der Waals surface area contributed by atoms with Crippen molar-refractivity contribution in [2.75, 3.05) is 16.8 Å². The van der Waals surface area contributed by atoms with Gasteiger partial charge in [0.25, 0.3) is 0 Å². The zero-order valence-electron chi connectivity index (χ0n) is 11.0. The highest BCUT2D eigenvalue weighted by Crippen LogP contribution is 2.33. The molecule has 0 saturated carbocycles. The van der Waals surface area contributed by atoms with Gasteiger partial charge < -0.3 is 5.32 Å².